The molecular weight excluding hydrogens is 294 g/mol. The number of halogens is 1. The average Bonchev–Trinajstić information content (AvgIpc) is 2.54. The van der Waals surface area contributed by atoms with Crippen LogP contribution in [0.5, 0.6) is 0 Å². The molecule has 1 aliphatic rings. The molecule has 0 bridgehead atoms. The molecule has 2 aromatic rings. The van der Waals surface area contributed by atoms with Gasteiger partial charge in [-0.05, 0) is 24.8 Å². The van der Waals surface area contributed by atoms with Crippen LogP contribution in [-0.2, 0) is 12.8 Å². The van der Waals surface area contributed by atoms with Gasteiger partial charge in [0.05, 0.1) is 0 Å². The van der Waals surface area contributed by atoms with E-state index in [4.69, 9.17) is 17.3 Å². The first kappa shape index (κ1) is 14.9. The number of aromatic nitrogens is 1. The van der Waals surface area contributed by atoms with E-state index in [9.17, 15) is 5.26 Å². The summed E-state index contributed by atoms with van der Waals surface area (Å²) in [7, 11) is 0. The van der Waals surface area contributed by atoms with Crippen LogP contribution in [0.1, 0.15) is 36.6 Å². The molecule has 0 aliphatic heterocycles. The fourth-order valence-corrected chi connectivity index (χ4v) is 3.57. The van der Waals surface area contributed by atoms with Gasteiger partial charge in [0.15, 0.2) is 0 Å². The zero-order valence-electron chi connectivity index (χ0n) is 12.6. The fraction of sp³-hybridized carbons (Fsp3) is 0.333. The second kappa shape index (κ2) is 5.98. The molecule has 4 heteroatoms. The molecule has 0 fully saturated rings. The van der Waals surface area contributed by atoms with Crippen molar-refractivity contribution in [2.24, 2.45) is 5.92 Å². The van der Waals surface area contributed by atoms with Gasteiger partial charge >= 0.3 is 0 Å². The summed E-state index contributed by atoms with van der Waals surface area (Å²) in [5, 5.41) is 10.2. The Hall–Kier alpha value is -2.05. The molecule has 112 valence electrons. The predicted octanol–water partition coefficient (Wildman–Crippen LogP) is 3.79. The van der Waals surface area contributed by atoms with Crippen LogP contribution in [-0.4, -0.2) is 0 Å². The summed E-state index contributed by atoms with van der Waals surface area (Å²) in [6.45, 7) is 2.22. The van der Waals surface area contributed by atoms with Crippen molar-refractivity contribution >= 4 is 17.4 Å². The number of hydrogen-bond donors (Lipinski definition) is 1. The zero-order valence-corrected chi connectivity index (χ0v) is 13.4. The van der Waals surface area contributed by atoms with Gasteiger partial charge in [-0.3, -0.25) is 5.73 Å². The number of anilines is 1. The van der Waals surface area contributed by atoms with E-state index < -0.39 is 0 Å². The van der Waals surface area contributed by atoms with Gasteiger partial charge < -0.3 is 0 Å². The molecule has 0 radical (unpaired) electrons. The molecule has 1 unspecified atom stereocenters. The van der Waals surface area contributed by atoms with Crippen LogP contribution in [0.4, 0.5) is 5.82 Å². The van der Waals surface area contributed by atoms with E-state index in [0.29, 0.717) is 22.3 Å². The third-order valence-electron chi connectivity index (χ3n) is 4.60. The minimum Gasteiger partial charge on any atom is -0.286 e. The summed E-state index contributed by atoms with van der Waals surface area (Å²) < 4.78 is 0. The number of H-pyrrole nitrogens is 1. The number of hydrogen-bond acceptors (Lipinski definition) is 2. The molecule has 1 heterocycles. The van der Waals surface area contributed by atoms with Crippen LogP contribution in [0.15, 0.2) is 24.3 Å². The summed E-state index contributed by atoms with van der Waals surface area (Å²) in [5.74, 6) is 1.09. The minimum atomic E-state index is 0.436. The van der Waals surface area contributed by atoms with Crippen LogP contribution < -0.4 is 10.7 Å². The average molecular weight is 313 g/mol. The van der Waals surface area contributed by atoms with E-state index in [-0.39, 0.29) is 0 Å². The molecule has 0 spiro atoms. The first-order chi connectivity index (χ1) is 10.7. The van der Waals surface area contributed by atoms with Gasteiger partial charge in [0.1, 0.15) is 17.3 Å². The van der Waals surface area contributed by atoms with Gasteiger partial charge in [0.2, 0.25) is 0 Å². The molecule has 1 aromatic heterocycles. The maximum atomic E-state index is 9.58. The van der Waals surface area contributed by atoms with Gasteiger partial charge in [-0.15, -0.1) is 0 Å². The number of nitrogen functional groups attached to an aromatic ring is 1. The summed E-state index contributed by atoms with van der Waals surface area (Å²) in [6, 6.07) is 9.93. The molecule has 0 amide bonds. The number of pyridine rings is 1. The van der Waals surface area contributed by atoms with Crippen molar-refractivity contribution in [2.45, 2.75) is 32.6 Å². The summed E-state index contributed by atoms with van der Waals surface area (Å²) in [4.78, 5) is 3.23. The lowest BCUT2D eigenvalue weighted by atomic mass is 9.80. The Morgan fingerprint density at radius 3 is 2.86 bits per heavy atom. The first-order valence-corrected chi connectivity index (χ1v) is 8.05. The quantitative estimate of drug-likeness (QED) is 0.917. The Labute approximate surface area is 135 Å². The number of aromatic amines is 1. The van der Waals surface area contributed by atoms with Crippen molar-refractivity contribution in [3.63, 3.8) is 0 Å². The Bertz CT molecular complexity index is 762. The van der Waals surface area contributed by atoms with Crippen molar-refractivity contribution in [1.82, 2.24) is 0 Å². The Morgan fingerprint density at radius 1 is 1.41 bits per heavy atom. The van der Waals surface area contributed by atoms with Gasteiger partial charge in [-0.25, -0.2) is 4.98 Å². The smallest absolute Gasteiger partial charge is 0.286 e. The second-order valence-corrected chi connectivity index (χ2v) is 6.26. The lowest BCUT2D eigenvalue weighted by Gasteiger charge is -2.25. The SMILES string of the molecule is CCC1CCc2[nH+]c(N)c(C#N)c(-c3ccccc3Cl)c2C1. The highest BCUT2D eigenvalue weighted by molar-refractivity contribution is 6.33. The number of nitrogens with zero attached hydrogens (tertiary/aromatic N) is 1. The number of fused-ring (bicyclic) bond motifs is 1. The molecule has 1 aliphatic carbocycles. The van der Waals surface area contributed by atoms with Crippen molar-refractivity contribution in [1.29, 1.82) is 5.26 Å². The van der Waals surface area contributed by atoms with Crippen molar-refractivity contribution in [3.8, 4) is 17.2 Å². The van der Waals surface area contributed by atoms with Crippen molar-refractivity contribution in [3.05, 3.63) is 46.1 Å². The lowest BCUT2D eigenvalue weighted by molar-refractivity contribution is -0.375. The third kappa shape index (κ3) is 2.44. The number of nitrogens with one attached hydrogen (secondary N) is 1. The van der Waals surface area contributed by atoms with Gasteiger partial charge in [-0.2, -0.15) is 5.26 Å². The fourth-order valence-electron chi connectivity index (χ4n) is 3.34. The molecule has 3 nitrogen and oxygen atoms in total. The number of rotatable bonds is 2. The molecule has 0 saturated heterocycles. The van der Waals surface area contributed by atoms with Crippen LogP contribution in [0.2, 0.25) is 5.02 Å². The van der Waals surface area contributed by atoms with Crippen molar-refractivity contribution in [2.75, 3.05) is 5.73 Å². The van der Waals surface area contributed by atoms with Crippen LogP contribution in [0.25, 0.3) is 11.1 Å². The molecule has 22 heavy (non-hydrogen) atoms. The number of nitriles is 1. The number of aryl methyl sites for hydroxylation is 1. The van der Waals surface area contributed by atoms with Gasteiger partial charge in [0, 0.05) is 28.1 Å². The van der Waals surface area contributed by atoms with E-state index in [1.54, 1.807) is 0 Å². The number of benzene rings is 1. The summed E-state index contributed by atoms with van der Waals surface area (Å²) in [6.07, 6.45) is 4.25. The van der Waals surface area contributed by atoms with E-state index >= 15 is 0 Å². The highest BCUT2D eigenvalue weighted by Gasteiger charge is 2.28. The largest absolute Gasteiger partial charge is 0.289 e. The molecule has 3 rings (SSSR count). The minimum absolute atomic E-state index is 0.436. The number of nitrogens with two attached hydrogens (primary N) is 1. The van der Waals surface area contributed by atoms with Crippen molar-refractivity contribution < 1.29 is 4.98 Å². The summed E-state index contributed by atoms with van der Waals surface area (Å²) >= 11 is 6.39. The maximum Gasteiger partial charge on any atom is 0.289 e. The van der Waals surface area contributed by atoms with E-state index in [1.807, 2.05) is 24.3 Å². The van der Waals surface area contributed by atoms with Crippen LogP contribution in [0, 0.1) is 17.2 Å². The lowest BCUT2D eigenvalue weighted by Crippen LogP contribution is -2.27. The van der Waals surface area contributed by atoms with Crippen LogP contribution in [0.3, 0.4) is 0 Å². The highest BCUT2D eigenvalue weighted by atomic mass is 35.5. The van der Waals surface area contributed by atoms with Gasteiger partial charge in [-0.1, -0.05) is 43.1 Å². The van der Waals surface area contributed by atoms with E-state index in [1.165, 1.54) is 5.56 Å². The standard InChI is InChI=1S/C18H18ClN3/c1-2-11-7-8-16-13(9-11)17(14(10-20)18(21)22-16)12-5-3-4-6-15(12)19/h3-6,11H,2,7-9H2,1H3,(H2,21,22)/p+1. The Balaban J connectivity index is 2.30. The zero-order chi connectivity index (χ0) is 15.7. The molecule has 1 atom stereocenters. The summed E-state index contributed by atoms with van der Waals surface area (Å²) in [5.41, 5.74) is 10.8. The maximum absolute atomic E-state index is 9.58. The molecule has 0 saturated carbocycles. The van der Waals surface area contributed by atoms with Gasteiger partial charge in [0.25, 0.3) is 5.82 Å². The normalized spacial score (nSPS) is 16.9. The molecule has 3 N–H and O–H groups in total. The predicted molar refractivity (Wildman–Crippen MR) is 88.4 cm³/mol. The monoisotopic (exact) mass is 312 g/mol. The highest BCUT2D eigenvalue weighted by Crippen LogP contribution is 2.39. The Morgan fingerprint density at radius 2 is 2.18 bits per heavy atom. The molecular formula is C18H19ClN3+. The second-order valence-electron chi connectivity index (χ2n) is 5.85. The topological polar surface area (TPSA) is 63.9 Å². The first-order valence-electron chi connectivity index (χ1n) is 7.67. The Kier molecular flexibility index (Phi) is 4.04. The third-order valence-corrected chi connectivity index (χ3v) is 4.93. The van der Waals surface area contributed by atoms with Crippen LogP contribution >= 0.6 is 11.6 Å². The van der Waals surface area contributed by atoms with E-state index in [2.05, 4.69) is 18.0 Å². The van der Waals surface area contributed by atoms with E-state index in [0.717, 1.165) is 42.5 Å². The molecule has 1 aromatic carbocycles.